The van der Waals surface area contributed by atoms with Crippen LogP contribution in [-0.2, 0) is 9.59 Å². The molecule has 1 aromatic rings. The van der Waals surface area contributed by atoms with Crippen LogP contribution in [0.4, 0.5) is 5.82 Å². The SMILES string of the molecule is CCCCCNC(=O)C1CC1C(=O)Nc1cc(C)on1. The van der Waals surface area contributed by atoms with Crippen molar-refractivity contribution in [3.8, 4) is 0 Å². The van der Waals surface area contributed by atoms with Crippen LogP contribution in [-0.4, -0.2) is 23.5 Å². The molecule has 0 saturated heterocycles. The fraction of sp³-hybridized carbons (Fsp3) is 0.643. The fourth-order valence-electron chi connectivity index (χ4n) is 2.14. The van der Waals surface area contributed by atoms with Gasteiger partial charge in [0.1, 0.15) is 5.76 Å². The molecule has 2 amide bonds. The van der Waals surface area contributed by atoms with Crippen LogP contribution in [0.5, 0.6) is 0 Å². The van der Waals surface area contributed by atoms with E-state index in [2.05, 4.69) is 22.7 Å². The Hall–Kier alpha value is -1.85. The Bertz CT molecular complexity index is 484. The molecule has 0 aliphatic heterocycles. The van der Waals surface area contributed by atoms with E-state index >= 15 is 0 Å². The van der Waals surface area contributed by atoms with Crippen LogP contribution in [0.25, 0.3) is 0 Å². The molecule has 20 heavy (non-hydrogen) atoms. The minimum Gasteiger partial charge on any atom is -0.360 e. The molecule has 2 rings (SSSR count). The second-order valence-corrected chi connectivity index (χ2v) is 5.26. The van der Waals surface area contributed by atoms with Crippen molar-refractivity contribution in [2.75, 3.05) is 11.9 Å². The second kappa shape index (κ2) is 6.54. The summed E-state index contributed by atoms with van der Waals surface area (Å²) in [5, 5.41) is 9.24. The molecule has 1 aliphatic rings. The van der Waals surface area contributed by atoms with Gasteiger partial charge in [-0.05, 0) is 19.8 Å². The third kappa shape index (κ3) is 3.82. The van der Waals surface area contributed by atoms with Gasteiger partial charge in [0.05, 0.1) is 11.8 Å². The van der Waals surface area contributed by atoms with Gasteiger partial charge in [-0.2, -0.15) is 0 Å². The molecule has 0 bridgehead atoms. The number of unbranched alkanes of at least 4 members (excludes halogenated alkanes) is 2. The number of anilines is 1. The number of hydrogen-bond donors (Lipinski definition) is 2. The number of aryl methyl sites for hydroxylation is 1. The van der Waals surface area contributed by atoms with Crippen molar-refractivity contribution in [1.82, 2.24) is 10.5 Å². The molecule has 2 atom stereocenters. The predicted molar refractivity (Wildman–Crippen MR) is 74.0 cm³/mol. The minimum atomic E-state index is -0.238. The van der Waals surface area contributed by atoms with Crippen molar-refractivity contribution in [2.24, 2.45) is 11.8 Å². The van der Waals surface area contributed by atoms with Crippen LogP contribution in [0.1, 0.15) is 38.4 Å². The van der Waals surface area contributed by atoms with Crippen LogP contribution in [0, 0.1) is 18.8 Å². The molecule has 1 aliphatic carbocycles. The number of nitrogens with one attached hydrogen (secondary N) is 2. The Balaban J connectivity index is 1.71. The average Bonchev–Trinajstić information content (AvgIpc) is 3.13. The number of rotatable bonds is 7. The first-order chi connectivity index (χ1) is 9.61. The molecule has 6 heteroatoms. The first-order valence-electron chi connectivity index (χ1n) is 7.13. The molecule has 2 N–H and O–H groups in total. The predicted octanol–water partition coefficient (Wildman–Crippen LogP) is 1.86. The van der Waals surface area contributed by atoms with Gasteiger partial charge in [-0.1, -0.05) is 24.9 Å². The number of carbonyl (C=O) groups excluding carboxylic acids is 2. The Morgan fingerprint density at radius 1 is 1.35 bits per heavy atom. The normalized spacial score (nSPS) is 20.5. The van der Waals surface area contributed by atoms with Crippen molar-refractivity contribution in [3.63, 3.8) is 0 Å². The average molecular weight is 279 g/mol. The summed E-state index contributed by atoms with van der Waals surface area (Å²) in [6.07, 6.45) is 3.84. The van der Waals surface area contributed by atoms with Gasteiger partial charge in [-0.25, -0.2) is 0 Å². The zero-order valence-corrected chi connectivity index (χ0v) is 11.9. The van der Waals surface area contributed by atoms with E-state index < -0.39 is 0 Å². The molecule has 0 spiro atoms. The largest absolute Gasteiger partial charge is 0.360 e. The molecular weight excluding hydrogens is 258 g/mol. The van der Waals surface area contributed by atoms with E-state index in [0.29, 0.717) is 24.5 Å². The van der Waals surface area contributed by atoms with Crippen molar-refractivity contribution in [1.29, 1.82) is 0 Å². The highest BCUT2D eigenvalue weighted by Gasteiger charge is 2.48. The number of amides is 2. The Kier molecular flexibility index (Phi) is 4.76. The maximum absolute atomic E-state index is 11.9. The summed E-state index contributed by atoms with van der Waals surface area (Å²) < 4.78 is 4.87. The number of hydrogen-bond acceptors (Lipinski definition) is 4. The van der Waals surface area contributed by atoms with Gasteiger partial charge >= 0.3 is 0 Å². The van der Waals surface area contributed by atoms with Crippen LogP contribution in [0.2, 0.25) is 0 Å². The number of nitrogens with zero attached hydrogens (tertiary/aromatic N) is 1. The minimum absolute atomic E-state index is 0.0161. The molecule has 110 valence electrons. The number of aromatic nitrogens is 1. The lowest BCUT2D eigenvalue weighted by Gasteiger charge is -2.04. The van der Waals surface area contributed by atoms with Crippen LogP contribution < -0.4 is 10.6 Å². The summed E-state index contributed by atoms with van der Waals surface area (Å²) in [4.78, 5) is 23.7. The highest BCUT2D eigenvalue weighted by molar-refractivity contribution is 5.98. The summed E-state index contributed by atoms with van der Waals surface area (Å²) >= 11 is 0. The van der Waals surface area contributed by atoms with E-state index in [-0.39, 0.29) is 23.7 Å². The third-order valence-electron chi connectivity index (χ3n) is 3.42. The van der Waals surface area contributed by atoms with Gasteiger partial charge in [0.15, 0.2) is 5.82 Å². The lowest BCUT2D eigenvalue weighted by molar-refractivity contribution is -0.125. The van der Waals surface area contributed by atoms with E-state index in [0.717, 1.165) is 19.3 Å². The Morgan fingerprint density at radius 3 is 2.75 bits per heavy atom. The van der Waals surface area contributed by atoms with Gasteiger partial charge < -0.3 is 15.2 Å². The zero-order valence-electron chi connectivity index (χ0n) is 11.9. The molecule has 1 saturated carbocycles. The van der Waals surface area contributed by atoms with Gasteiger partial charge in [-0.15, -0.1) is 0 Å². The first-order valence-corrected chi connectivity index (χ1v) is 7.13. The highest BCUT2D eigenvalue weighted by Crippen LogP contribution is 2.39. The zero-order chi connectivity index (χ0) is 14.5. The van der Waals surface area contributed by atoms with Crippen molar-refractivity contribution >= 4 is 17.6 Å². The van der Waals surface area contributed by atoms with E-state index in [9.17, 15) is 9.59 Å². The lowest BCUT2D eigenvalue weighted by atomic mass is 10.2. The lowest BCUT2D eigenvalue weighted by Crippen LogP contribution is -2.28. The first kappa shape index (κ1) is 14.6. The summed E-state index contributed by atoms with van der Waals surface area (Å²) in [5.74, 6) is 0.440. The van der Waals surface area contributed by atoms with Crippen LogP contribution in [0.15, 0.2) is 10.6 Å². The summed E-state index contributed by atoms with van der Waals surface area (Å²) in [6.45, 7) is 4.57. The second-order valence-electron chi connectivity index (χ2n) is 5.26. The summed E-state index contributed by atoms with van der Waals surface area (Å²) in [7, 11) is 0. The van der Waals surface area contributed by atoms with Crippen LogP contribution >= 0.6 is 0 Å². The van der Waals surface area contributed by atoms with Gasteiger partial charge in [0.2, 0.25) is 11.8 Å². The maximum atomic E-state index is 11.9. The standard InChI is InChI=1S/C14H21N3O3/c1-3-4-5-6-15-13(18)10-8-11(10)14(19)16-12-7-9(2)20-17-12/h7,10-11H,3-6,8H2,1-2H3,(H,15,18)(H,16,17,19). The third-order valence-corrected chi connectivity index (χ3v) is 3.42. The summed E-state index contributed by atoms with van der Waals surface area (Å²) in [5.41, 5.74) is 0. The van der Waals surface area contributed by atoms with Gasteiger partial charge in [-0.3, -0.25) is 9.59 Å². The molecule has 1 fully saturated rings. The van der Waals surface area contributed by atoms with Crippen molar-refractivity contribution in [2.45, 2.75) is 39.5 Å². The van der Waals surface area contributed by atoms with Crippen molar-refractivity contribution < 1.29 is 14.1 Å². The smallest absolute Gasteiger partial charge is 0.229 e. The monoisotopic (exact) mass is 279 g/mol. The van der Waals surface area contributed by atoms with Crippen molar-refractivity contribution in [3.05, 3.63) is 11.8 Å². The Labute approximate surface area is 118 Å². The Morgan fingerprint density at radius 2 is 2.10 bits per heavy atom. The molecule has 1 aromatic heterocycles. The van der Waals surface area contributed by atoms with Crippen LogP contribution in [0.3, 0.4) is 0 Å². The maximum Gasteiger partial charge on any atom is 0.229 e. The molecule has 6 nitrogen and oxygen atoms in total. The van der Waals surface area contributed by atoms with E-state index in [1.165, 1.54) is 0 Å². The molecular formula is C14H21N3O3. The van der Waals surface area contributed by atoms with E-state index in [4.69, 9.17) is 4.52 Å². The number of carbonyl (C=O) groups is 2. The molecule has 1 heterocycles. The molecule has 2 unspecified atom stereocenters. The van der Waals surface area contributed by atoms with E-state index in [1.54, 1.807) is 13.0 Å². The van der Waals surface area contributed by atoms with E-state index in [1.807, 2.05) is 0 Å². The van der Waals surface area contributed by atoms with Gasteiger partial charge in [0.25, 0.3) is 0 Å². The fourth-order valence-corrected chi connectivity index (χ4v) is 2.14. The summed E-state index contributed by atoms with van der Waals surface area (Å²) in [6, 6.07) is 1.65. The highest BCUT2D eigenvalue weighted by atomic mass is 16.5. The molecule has 0 radical (unpaired) electrons. The molecule has 0 aromatic carbocycles. The quantitative estimate of drug-likeness (QED) is 0.746. The topological polar surface area (TPSA) is 84.2 Å². The van der Waals surface area contributed by atoms with Gasteiger partial charge in [0, 0.05) is 12.6 Å².